The summed E-state index contributed by atoms with van der Waals surface area (Å²) in [7, 11) is 0. The first-order valence-electron chi connectivity index (χ1n) is 7.31. The van der Waals surface area contributed by atoms with E-state index in [9.17, 15) is 4.79 Å². The van der Waals surface area contributed by atoms with E-state index < -0.39 is 0 Å². The fourth-order valence-corrected chi connectivity index (χ4v) is 2.10. The van der Waals surface area contributed by atoms with Gasteiger partial charge in [-0.3, -0.25) is 9.78 Å². The van der Waals surface area contributed by atoms with Gasteiger partial charge in [-0.15, -0.1) is 0 Å². The zero-order valence-electron chi connectivity index (χ0n) is 12.6. The Morgan fingerprint density at radius 2 is 2.17 bits per heavy atom. The van der Waals surface area contributed by atoms with Crippen LogP contribution in [0, 0.1) is 0 Å². The van der Waals surface area contributed by atoms with Crippen molar-refractivity contribution in [2.75, 3.05) is 0 Å². The number of halogens is 1. The van der Waals surface area contributed by atoms with E-state index in [0.717, 1.165) is 11.1 Å². The lowest BCUT2D eigenvalue weighted by atomic mass is 10.2. The third kappa shape index (κ3) is 4.36. The Balaban J connectivity index is 1.48. The molecule has 0 aliphatic rings. The third-order valence-electron chi connectivity index (χ3n) is 3.23. The molecule has 0 radical (unpaired) electrons. The minimum absolute atomic E-state index is 0.105. The standard InChI is InChI=1S/C16H14ClN5O2/c17-13-4-3-11(8-19-13)9-20-14(23)5-6-15-21-16(22-24-15)12-2-1-7-18-10-12/h1-4,7-8,10H,5-6,9H2,(H,20,23). The van der Waals surface area contributed by atoms with Gasteiger partial charge >= 0.3 is 0 Å². The van der Waals surface area contributed by atoms with Crippen molar-refractivity contribution in [1.29, 1.82) is 0 Å². The van der Waals surface area contributed by atoms with Crippen molar-refractivity contribution in [2.45, 2.75) is 19.4 Å². The van der Waals surface area contributed by atoms with Crippen LogP contribution in [0.2, 0.25) is 5.15 Å². The molecule has 122 valence electrons. The average molecular weight is 344 g/mol. The predicted molar refractivity (Wildman–Crippen MR) is 86.9 cm³/mol. The van der Waals surface area contributed by atoms with Crippen LogP contribution in [0.1, 0.15) is 17.9 Å². The highest BCUT2D eigenvalue weighted by molar-refractivity contribution is 6.29. The zero-order chi connectivity index (χ0) is 16.8. The minimum Gasteiger partial charge on any atom is -0.352 e. The van der Waals surface area contributed by atoms with Gasteiger partial charge in [-0.2, -0.15) is 4.98 Å². The summed E-state index contributed by atoms with van der Waals surface area (Å²) in [6, 6.07) is 7.13. The van der Waals surface area contributed by atoms with Crippen LogP contribution in [-0.2, 0) is 17.8 Å². The van der Waals surface area contributed by atoms with E-state index in [0.29, 0.717) is 29.8 Å². The SMILES string of the molecule is O=C(CCc1nc(-c2cccnc2)no1)NCc1ccc(Cl)nc1. The van der Waals surface area contributed by atoms with Gasteiger partial charge in [-0.05, 0) is 23.8 Å². The largest absolute Gasteiger partial charge is 0.352 e. The topological polar surface area (TPSA) is 93.8 Å². The number of aryl methyl sites for hydroxylation is 1. The molecule has 1 N–H and O–H groups in total. The highest BCUT2D eigenvalue weighted by Gasteiger charge is 2.10. The number of amides is 1. The first kappa shape index (κ1) is 16.1. The second-order valence-corrected chi connectivity index (χ2v) is 5.41. The van der Waals surface area contributed by atoms with Gasteiger partial charge in [0.25, 0.3) is 0 Å². The number of carbonyl (C=O) groups is 1. The Bertz CT molecular complexity index is 805. The monoisotopic (exact) mass is 343 g/mol. The number of hydrogen-bond donors (Lipinski definition) is 1. The van der Waals surface area contributed by atoms with E-state index in [1.807, 2.05) is 12.1 Å². The zero-order valence-corrected chi connectivity index (χ0v) is 13.4. The molecule has 0 atom stereocenters. The Morgan fingerprint density at radius 3 is 2.92 bits per heavy atom. The third-order valence-corrected chi connectivity index (χ3v) is 3.46. The second kappa shape index (κ2) is 7.65. The van der Waals surface area contributed by atoms with Crippen molar-refractivity contribution < 1.29 is 9.32 Å². The Kier molecular flexibility index (Phi) is 5.12. The molecule has 0 fully saturated rings. The highest BCUT2D eigenvalue weighted by Crippen LogP contribution is 2.14. The summed E-state index contributed by atoms with van der Waals surface area (Å²) >= 11 is 5.71. The van der Waals surface area contributed by atoms with Gasteiger partial charge in [-0.25, -0.2) is 4.98 Å². The molecule has 3 aromatic rings. The Morgan fingerprint density at radius 1 is 1.25 bits per heavy atom. The summed E-state index contributed by atoms with van der Waals surface area (Å²) < 4.78 is 5.15. The molecule has 3 rings (SSSR count). The smallest absolute Gasteiger partial charge is 0.227 e. The van der Waals surface area contributed by atoms with Crippen LogP contribution >= 0.6 is 11.6 Å². The molecule has 0 saturated carbocycles. The van der Waals surface area contributed by atoms with Crippen molar-refractivity contribution in [3.63, 3.8) is 0 Å². The molecule has 8 heteroatoms. The van der Waals surface area contributed by atoms with Crippen molar-refractivity contribution in [3.05, 3.63) is 59.5 Å². The van der Waals surface area contributed by atoms with Crippen molar-refractivity contribution >= 4 is 17.5 Å². The quantitative estimate of drug-likeness (QED) is 0.691. The lowest BCUT2D eigenvalue weighted by molar-refractivity contribution is -0.121. The molecule has 0 aliphatic carbocycles. The lowest BCUT2D eigenvalue weighted by Crippen LogP contribution is -2.23. The Labute approximate surface area is 143 Å². The molecule has 0 aromatic carbocycles. The maximum absolute atomic E-state index is 11.9. The van der Waals surface area contributed by atoms with Gasteiger partial charge in [0.05, 0.1) is 0 Å². The summed E-state index contributed by atoms with van der Waals surface area (Å²) in [6.07, 6.45) is 5.58. The van der Waals surface area contributed by atoms with Gasteiger partial charge in [0.15, 0.2) is 0 Å². The van der Waals surface area contributed by atoms with Gasteiger partial charge in [-0.1, -0.05) is 22.8 Å². The molecular formula is C16H14ClN5O2. The predicted octanol–water partition coefficient (Wildman–Crippen LogP) is 2.43. The van der Waals surface area contributed by atoms with Crippen molar-refractivity contribution in [2.24, 2.45) is 0 Å². The molecule has 0 bridgehead atoms. The lowest BCUT2D eigenvalue weighted by Gasteiger charge is -2.04. The molecule has 3 heterocycles. The maximum Gasteiger partial charge on any atom is 0.227 e. The summed E-state index contributed by atoms with van der Waals surface area (Å²) in [6.45, 7) is 0.397. The normalized spacial score (nSPS) is 10.5. The van der Waals surface area contributed by atoms with E-state index >= 15 is 0 Å². The average Bonchev–Trinajstić information content (AvgIpc) is 3.09. The van der Waals surface area contributed by atoms with Crippen LogP contribution in [-0.4, -0.2) is 26.0 Å². The van der Waals surface area contributed by atoms with Crippen LogP contribution in [0.5, 0.6) is 0 Å². The van der Waals surface area contributed by atoms with E-state index in [-0.39, 0.29) is 12.3 Å². The van der Waals surface area contributed by atoms with Crippen LogP contribution in [0.25, 0.3) is 11.4 Å². The number of nitrogens with zero attached hydrogens (tertiary/aromatic N) is 4. The summed E-state index contributed by atoms with van der Waals surface area (Å²) in [5, 5.41) is 7.12. The molecule has 7 nitrogen and oxygen atoms in total. The first-order chi connectivity index (χ1) is 11.7. The van der Waals surface area contributed by atoms with Crippen molar-refractivity contribution in [3.8, 4) is 11.4 Å². The van der Waals surface area contributed by atoms with Gasteiger partial charge in [0.1, 0.15) is 5.15 Å². The van der Waals surface area contributed by atoms with Crippen LogP contribution in [0.3, 0.4) is 0 Å². The molecule has 3 aromatic heterocycles. The summed E-state index contributed by atoms with van der Waals surface area (Å²) in [5.41, 5.74) is 1.65. The maximum atomic E-state index is 11.9. The van der Waals surface area contributed by atoms with Crippen molar-refractivity contribution in [1.82, 2.24) is 25.4 Å². The fourth-order valence-electron chi connectivity index (χ4n) is 1.99. The minimum atomic E-state index is -0.105. The number of pyridine rings is 2. The summed E-state index contributed by atoms with van der Waals surface area (Å²) in [4.78, 5) is 24.1. The summed E-state index contributed by atoms with van der Waals surface area (Å²) in [5.74, 6) is 0.772. The second-order valence-electron chi connectivity index (χ2n) is 5.02. The number of aromatic nitrogens is 4. The highest BCUT2D eigenvalue weighted by atomic mass is 35.5. The molecule has 0 unspecified atom stereocenters. The van der Waals surface area contributed by atoms with Gasteiger partial charge < -0.3 is 9.84 Å². The molecule has 1 amide bonds. The molecule has 0 saturated heterocycles. The number of nitrogens with one attached hydrogen (secondary N) is 1. The molecule has 0 aliphatic heterocycles. The number of hydrogen-bond acceptors (Lipinski definition) is 6. The Hall–Kier alpha value is -2.80. The van der Waals surface area contributed by atoms with Crippen LogP contribution < -0.4 is 5.32 Å². The van der Waals surface area contributed by atoms with Gasteiger partial charge in [0, 0.05) is 43.5 Å². The van der Waals surface area contributed by atoms with Gasteiger partial charge in [0.2, 0.25) is 17.6 Å². The number of rotatable bonds is 6. The fraction of sp³-hybridized carbons (Fsp3) is 0.188. The van der Waals surface area contributed by atoms with E-state index in [1.54, 1.807) is 30.7 Å². The van der Waals surface area contributed by atoms with Crippen LogP contribution in [0.4, 0.5) is 0 Å². The van der Waals surface area contributed by atoms with E-state index in [1.165, 1.54) is 0 Å². The van der Waals surface area contributed by atoms with Crippen LogP contribution in [0.15, 0.2) is 47.4 Å². The molecular weight excluding hydrogens is 330 g/mol. The molecule has 24 heavy (non-hydrogen) atoms. The first-order valence-corrected chi connectivity index (χ1v) is 7.68. The van der Waals surface area contributed by atoms with E-state index in [2.05, 4.69) is 25.4 Å². The molecule has 0 spiro atoms. The van der Waals surface area contributed by atoms with E-state index in [4.69, 9.17) is 16.1 Å². The number of carbonyl (C=O) groups excluding carboxylic acids is 1.